The molecule has 152 valence electrons. The Morgan fingerprint density at radius 1 is 1.03 bits per heavy atom. The molecular weight excluding hydrogens is 385 g/mol. The van der Waals surface area contributed by atoms with Gasteiger partial charge in [0.2, 0.25) is 5.91 Å². The number of carbonyl (C=O) groups excluding carboxylic acids is 1. The molecule has 5 rings (SSSR count). The minimum absolute atomic E-state index is 0.0726. The van der Waals surface area contributed by atoms with Crippen LogP contribution in [0.2, 0.25) is 0 Å². The van der Waals surface area contributed by atoms with Gasteiger partial charge in [-0.05, 0) is 18.2 Å². The van der Waals surface area contributed by atoms with Crippen molar-refractivity contribution < 1.29 is 9.18 Å². The zero-order valence-corrected chi connectivity index (χ0v) is 16.2. The Morgan fingerprint density at radius 2 is 1.77 bits per heavy atom. The van der Waals surface area contributed by atoms with Crippen LogP contribution in [0.25, 0.3) is 21.9 Å². The number of aromatic nitrogens is 3. The summed E-state index contributed by atoms with van der Waals surface area (Å²) in [6.45, 7) is 1.96. The fraction of sp³-hybridized carbons (Fsp3) is 0.227. The summed E-state index contributed by atoms with van der Waals surface area (Å²) in [5.41, 5.74) is 2.13. The van der Waals surface area contributed by atoms with E-state index in [1.807, 2.05) is 29.2 Å². The average Bonchev–Trinajstić information content (AvgIpc) is 3.16. The van der Waals surface area contributed by atoms with E-state index < -0.39 is 0 Å². The second-order valence-electron chi connectivity index (χ2n) is 7.39. The molecule has 1 fully saturated rings. The van der Waals surface area contributed by atoms with E-state index in [1.54, 1.807) is 23.1 Å². The van der Waals surface area contributed by atoms with Crippen LogP contribution in [0, 0.1) is 5.82 Å². The Morgan fingerprint density at radius 3 is 2.57 bits per heavy atom. The lowest BCUT2D eigenvalue weighted by Crippen LogP contribution is -2.50. The summed E-state index contributed by atoms with van der Waals surface area (Å²) in [7, 11) is 0. The molecule has 7 nitrogen and oxygen atoms in total. The number of nitrogens with zero attached hydrogens (tertiary/aromatic N) is 4. The first-order valence-corrected chi connectivity index (χ1v) is 9.85. The molecule has 0 radical (unpaired) electrons. The van der Waals surface area contributed by atoms with Gasteiger partial charge in [0.25, 0.3) is 5.56 Å². The van der Waals surface area contributed by atoms with E-state index in [-0.39, 0.29) is 23.8 Å². The molecule has 1 N–H and O–H groups in total. The second-order valence-corrected chi connectivity index (χ2v) is 7.39. The highest BCUT2D eigenvalue weighted by Crippen LogP contribution is 2.21. The molecular formula is C22H20FN5O2. The SMILES string of the molecule is O=C(Cn1cnc2c([nH]c3ccccc32)c1=O)N1CCN(c2ccccc2F)CC1. The van der Waals surface area contributed by atoms with Crippen LogP contribution in [0.3, 0.4) is 0 Å². The summed E-state index contributed by atoms with van der Waals surface area (Å²) in [6.07, 6.45) is 1.43. The van der Waals surface area contributed by atoms with Gasteiger partial charge in [0.1, 0.15) is 23.4 Å². The number of rotatable bonds is 3. The lowest BCUT2D eigenvalue weighted by Gasteiger charge is -2.36. The number of nitrogens with one attached hydrogen (secondary N) is 1. The number of hydrogen-bond donors (Lipinski definition) is 1. The number of H-pyrrole nitrogens is 1. The number of piperazine rings is 1. The molecule has 30 heavy (non-hydrogen) atoms. The maximum absolute atomic E-state index is 14.0. The molecule has 1 amide bonds. The number of amides is 1. The van der Waals surface area contributed by atoms with Crippen LogP contribution in [0.15, 0.2) is 59.7 Å². The normalized spacial score (nSPS) is 14.6. The minimum atomic E-state index is -0.269. The number of fused-ring (bicyclic) bond motifs is 3. The van der Waals surface area contributed by atoms with Crippen LogP contribution in [-0.2, 0) is 11.3 Å². The Hall–Kier alpha value is -3.68. The molecule has 0 atom stereocenters. The van der Waals surface area contributed by atoms with Gasteiger partial charge in [0.15, 0.2) is 0 Å². The van der Waals surface area contributed by atoms with Gasteiger partial charge in [-0.1, -0.05) is 30.3 Å². The first kappa shape index (κ1) is 18.4. The third kappa shape index (κ3) is 3.10. The number of aromatic amines is 1. The van der Waals surface area contributed by atoms with Crippen LogP contribution in [0.5, 0.6) is 0 Å². The van der Waals surface area contributed by atoms with E-state index >= 15 is 0 Å². The van der Waals surface area contributed by atoms with E-state index in [0.29, 0.717) is 42.9 Å². The van der Waals surface area contributed by atoms with Crippen molar-refractivity contribution in [2.45, 2.75) is 6.54 Å². The molecule has 1 aliphatic heterocycles. The maximum atomic E-state index is 14.0. The van der Waals surface area contributed by atoms with Crippen molar-refractivity contribution in [3.63, 3.8) is 0 Å². The van der Waals surface area contributed by atoms with Crippen LogP contribution in [-0.4, -0.2) is 51.5 Å². The predicted molar refractivity (Wildman–Crippen MR) is 113 cm³/mol. The highest BCUT2D eigenvalue weighted by atomic mass is 19.1. The van der Waals surface area contributed by atoms with Crippen LogP contribution in [0.4, 0.5) is 10.1 Å². The fourth-order valence-corrected chi connectivity index (χ4v) is 4.00. The van der Waals surface area contributed by atoms with Gasteiger partial charge in [0, 0.05) is 37.1 Å². The highest BCUT2D eigenvalue weighted by molar-refractivity contribution is 6.04. The van der Waals surface area contributed by atoms with Gasteiger partial charge in [-0.2, -0.15) is 0 Å². The first-order valence-electron chi connectivity index (χ1n) is 9.85. The maximum Gasteiger partial charge on any atom is 0.278 e. The lowest BCUT2D eigenvalue weighted by molar-refractivity contribution is -0.132. The standard InChI is InChI=1S/C22H20FN5O2/c23-16-6-2-4-8-18(16)26-9-11-27(12-10-26)19(29)13-28-14-24-20-15-5-1-3-7-17(15)25-21(20)22(28)30/h1-8,14,25H,9-13H2. The summed E-state index contributed by atoms with van der Waals surface area (Å²) < 4.78 is 15.3. The topological polar surface area (TPSA) is 74.2 Å². The van der Waals surface area contributed by atoms with Crippen molar-refractivity contribution in [3.8, 4) is 0 Å². The summed E-state index contributed by atoms with van der Waals surface area (Å²) in [5.74, 6) is -0.413. The molecule has 1 aliphatic rings. The predicted octanol–water partition coefficient (Wildman–Crippen LogP) is 2.37. The number of hydrogen-bond acceptors (Lipinski definition) is 4. The molecule has 2 aromatic carbocycles. The van der Waals surface area contributed by atoms with Gasteiger partial charge in [-0.3, -0.25) is 14.2 Å². The number of anilines is 1. The molecule has 2 aromatic heterocycles. The van der Waals surface area contributed by atoms with Gasteiger partial charge in [-0.25, -0.2) is 9.37 Å². The van der Waals surface area contributed by atoms with Crippen molar-refractivity contribution in [3.05, 3.63) is 71.0 Å². The number of carbonyl (C=O) groups is 1. The van der Waals surface area contributed by atoms with E-state index in [9.17, 15) is 14.0 Å². The Kier molecular flexibility index (Phi) is 4.46. The molecule has 0 unspecified atom stereocenters. The van der Waals surface area contributed by atoms with Gasteiger partial charge in [-0.15, -0.1) is 0 Å². The van der Waals surface area contributed by atoms with Crippen molar-refractivity contribution in [1.29, 1.82) is 0 Å². The number of benzene rings is 2. The molecule has 0 aliphatic carbocycles. The summed E-state index contributed by atoms with van der Waals surface area (Å²) >= 11 is 0. The summed E-state index contributed by atoms with van der Waals surface area (Å²) in [4.78, 5) is 36.8. The molecule has 3 heterocycles. The third-order valence-corrected chi connectivity index (χ3v) is 5.61. The molecule has 1 saturated heterocycles. The van der Waals surface area contributed by atoms with E-state index in [1.165, 1.54) is 17.0 Å². The first-order chi connectivity index (χ1) is 14.6. The Balaban J connectivity index is 1.32. The van der Waals surface area contributed by atoms with E-state index in [0.717, 1.165) is 10.9 Å². The number of halogens is 1. The van der Waals surface area contributed by atoms with Crippen LogP contribution < -0.4 is 10.5 Å². The highest BCUT2D eigenvalue weighted by Gasteiger charge is 2.23. The van der Waals surface area contributed by atoms with Gasteiger partial charge >= 0.3 is 0 Å². The minimum Gasteiger partial charge on any atom is -0.366 e. The molecule has 0 bridgehead atoms. The van der Waals surface area contributed by atoms with Crippen molar-refractivity contribution in [2.24, 2.45) is 0 Å². The average molecular weight is 405 g/mol. The summed E-state index contributed by atoms with van der Waals surface area (Å²) in [6, 6.07) is 14.2. The summed E-state index contributed by atoms with van der Waals surface area (Å²) in [5, 5.41) is 0.882. The van der Waals surface area contributed by atoms with Gasteiger partial charge < -0.3 is 14.8 Å². The third-order valence-electron chi connectivity index (χ3n) is 5.61. The van der Waals surface area contributed by atoms with Crippen molar-refractivity contribution >= 4 is 33.5 Å². The quantitative estimate of drug-likeness (QED) is 0.568. The Bertz CT molecular complexity index is 1300. The van der Waals surface area contributed by atoms with Crippen molar-refractivity contribution in [2.75, 3.05) is 31.1 Å². The zero-order valence-electron chi connectivity index (χ0n) is 16.2. The Labute approximate surface area is 171 Å². The van der Waals surface area contributed by atoms with Crippen molar-refractivity contribution in [1.82, 2.24) is 19.4 Å². The fourth-order valence-electron chi connectivity index (χ4n) is 4.00. The van der Waals surface area contributed by atoms with Crippen LogP contribution >= 0.6 is 0 Å². The molecule has 4 aromatic rings. The lowest BCUT2D eigenvalue weighted by atomic mass is 10.2. The molecule has 0 saturated carbocycles. The molecule has 0 spiro atoms. The smallest absolute Gasteiger partial charge is 0.278 e. The zero-order chi connectivity index (χ0) is 20.7. The monoisotopic (exact) mass is 405 g/mol. The van der Waals surface area contributed by atoms with E-state index in [2.05, 4.69) is 9.97 Å². The number of para-hydroxylation sites is 2. The van der Waals surface area contributed by atoms with E-state index in [4.69, 9.17) is 0 Å². The largest absolute Gasteiger partial charge is 0.366 e. The van der Waals surface area contributed by atoms with Crippen LogP contribution in [0.1, 0.15) is 0 Å². The molecule has 8 heteroatoms. The second kappa shape index (κ2) is 7.29. The van der Waals surface area contributed by atoms with Gasteiger partial charge in [0.05, 0.1) is 12.0 Å².